The maximum Gasteiger partial charge on any atom is 0.325 e. The Morgan fingerprint density at radius 3 is 2.27 bits per heavy atom. The van der Waals surface area contributed by atoms with Crippen molar-refractivity contribution in [2.45, 2.75) is 51.7 Å². The molecule has 90 valence electrons. The van der Waals surface area contributed by atoms with E-state index in [1.54, 1.807) is 6.92 Å². The van der Waals surface area contributed by atoms with Gasteiger partial charge in [0.05, 0.1) is 7.11 Å². The fraction of sp³-hybridized carbons (Fsp3) is 0.909. The van der Waals surface area contributed by atoms with E-state index in [4.69, 9.17) is 5.73 Å². The maximum atomic E-state index is 11.4. The van der Waals surface area contributed by atoms with Crippen LogP contribution in [0, 0.1) is 0 Å². The molecular weight excluding hydrogens is 192 g/mol. The highest BCUT2D eigenvalue weighted by molar-refractivity contribution is 5.79. The van der Waals surface area contributed by atoms with Gasteiger partial charge in [0.1, 0.15) is 5.54 Å². The van der Waals surface area contributed by atoms with Crippen LogP contribution in [0.2, 0.25) is 0 Å². The number of nitrogens with two attached hydrogens (primary N) is 1. The standard InChI is InChI=1S/C11H24N2O2/c1-8(2)13(5)9(3)7-11(4,12)10(14)15-6/h8-9H,7,12H2,1-6H3. The summed E-state index contributed by atoms with van der Waals surface area (Å²) in [7, 11) is 3.40. The molecule has 0 aliphatic heterocycles. The molecule has 15 heavy (non-hydrogen) atoms. The van der Waals surface area contributed by atoms with Gasteiger partial charge in [-0.15, -0.1) is 0 Å². The van der Waals surface area contributed by atoms with Gasteiger partial charge in [0.2, 0.25) is 0 Å². The van der Waals surface area contributed by atoms with Crippen molar-refractivity contribution < 1.29 is 9.53 Å². The second-order valence-corrected chi connectivity index (χ2v) is 4.72. The molecule has 0 radical (unpaired) electrons. The first-order chi connectivity index (χ1) is 6.72. The number of ether oxygens (including phenoxy) is 1. The molecule has 0 fully saturated rings. The normalized spacial score (nSPS) is 17.7. The van der Waals surface area contributed by atoms with E-state index in [-0.39, 0.29) is 12.0 Å². The summed E-state index contributed by atoms with van der Waals surface area (Å²) in [5, 5.41) is 0. The van der Waals surface area contributed by atoms with Gasteiger partial charge in [0.15, 0.2) is 0 Å². The summed E-state index contributed by atoms with van der Waals surface area (Å²) in [5.74, 6) is -0.355. The van der Waals surface area contributed by atoms with Crippen molar-refractivity contribution in [1.82, 2.24) is 4.90 Å². The smallest absolute Gasteiger partial charge is 0.325 e. The zero-order chi connectivity index (χ0) is 12.2. The highest BCUT2D eigenvalue weighted by Gasteiger charge is 2.32. The molecule has 0 saturated carbocycles. The molecular formula is C11H24N2O2. The number of hydrogen-bond acceptors (Lipinski definition) is 4. The molecule has 0 aromatic rings. The molecule has 4 heteroatoms. The van der Waals surface area contributed by atoms with Crippen LogP contribution in [0.15, 0.2) is 0 Å². The Kier molecular flexibility index (Phi) is 5.24. The minimum absolute atomic E-state index is 0.249. The highest BCUT2D eigenvalue weighted by atomic mass is 16.5. The molecule has 0 aliphatic rings. The minimum Gasteiger partial charge on any atom is -0.468 e. The van der Waals surface area contributed by atoms with E-state index < -0.39 is 5.54 Å². The molecule has 2 unspecified atom stereocenters. The second-order valence-electron chi connectivity index (χ2n) is 4.72. The third-order valence-corrected chi connectivity index (χ3v) is 2.88. The molecule has 0 rings (SSSR count). The quantitative estimate of drug-likeness (QED) is 0.696. The van der Waals surface area contributed by atoms with Crippen molar-refractivity contribution in [2.75, 3.05) is 14.2 Å². The fourth-order valence-corrected chi connectivity index (χ4v) is 1.58. The summed E-state index contributed by atoms with van der Waals surface area (Å²) in [6.07, 6.45) is 0.592. The number of carbonyl (C=O) groups excluding carboxylic acids is 1. The summed E-state index contributed by atoms with van der Waals surface area (Å²) in [4.78, 5) is 13.6. The predicted octanol–water partition coefficient (Wildman–Crippen LogP) is 0.996. The SMILES string of the molecule is COC(=O)C(C)(N)CC(C)N(C)C(C)C. The Labute approximate surface area is 92.8 Å². The Balaban J connectivity index is 4.39. The molecule has 0 heterocycles. The van der Waals surface area contributed by atoms with E-state index in [9.17, 15) is 4.79 Å². The van der Waals surface area contributed by atoms with E-state index in [1.807, 2.05) is 7.05 Å². The van der Waals surface area contributed by atoms with Crippen LogP contribution in [0.1, 0.15) is 34.1 Å². The lowest BCUT2D eigenvalue weighted by Gasteiger charge is -2.33. The first-order valence-corrected chi connectivity index (χ1v) is 5.31. The molecule has 0 aromatic carbocycles. The summed E-state index contributed by atoms with van der Waals surface area (Å²) >= 11 is 0. The maximum absolute atomic E-state index is 11.4. The van der Waals surface area contributed by atoms with Crippen LogP contribution >= 0.6 is 0 Å². The summed E-state index contributed by atoms with van der Waals surface area (Å²) in [6.45, 7) is 8.00. The number of hydrogen-bond donors (Lipinski definition) is 1. The minimum atomic E-state index is -0.905. The van der Waals surface area contributed by atoms with Crippen molar-refractivity contribution >= 4 is 5.97 Å². The lowest BCUT2D eigenvalue weighted by Crippen LogP contribution is -2.51. The van der Waals surface area contributed by atoms with Crippen molar-refractivity contribution in [1.29, 1.82) is 0 Å². The van der Waals surface area contributed by atoms with Gasteiger partial charge in [-0.1, -0.05) is 0 Å². The lowest BCUT2D eigenvalue weighted by molar-refractivity contribution is -0.147. The number of esters is 1. The second kappa shape index (κ2) is 5.47. The Morgan fingerprint density at radius 2 is 1.93 bits per heavy atom. The van der Waals surface area contributed by atoms with Gasteiger partial charge < -0.3 is 15.4 Å². The Morgan fingerprint density at radius 1 is 1.47 bits per heavy atom. The molecule has 0 spiro atoms. The van der Waals surface area contributed by atoms with Gasteiger partial charge in [0, 0.05) is 12.1 Å². The van der Waals surface area contributed by atoms with Gasteiger partial charge >= 0.3 is 5.97 Å². The fourth-order valence-electron chi connectivity index (χ4n) is 1.58. The summed E-state index contributed by atoms with van der Waals surface area (Å²) < 4.78 is 4.67. The zero-order valence-electron chi connectivity index (χ0n) is 10.7. The molecule has 0 aliphatic carbocycles. The number of rotatable bonds is 5. The first-order valence-electron chi connectivity index (χ1n) is 5.31. The van der Waals surface area contributed by atoms with E-state index in [0.717, 1.165) is 0 Å². The van der Waals surface area contributed by atoms with E-state index in [1.165, 1.54) is 7.11 Å². The molecule has 0 saturated heterocycles. The third-order valence-electron chi connectivity index (χ3n) is 2.88. The van der Waals surface area contributed by atoms with E-state index >= 15 is 0 Å². The van der Waals surface area contributed by atoms with Gasteiger partial charge in [-0.25, -0.2) is 0 Å². The van der Waals surface area contributed by atoms with Crippen molar-refractivity contribution in [3.63, 3.8) is 0 Å². The molecule has 0 bridgehead atoms. The van der Waals surface area contributed by atoms with Crippen LogP contribution in [0.5, 0.6) is 0 Å². The highest BCUT2D eigenvalue weighted by Crippen LogP contribution is 2.15. The van der Waals surface area contributed by atoms with Crippen LogP contribution in [0.25, 0.3) is 0 Å². The van der Waals surface area contributed by atoms with E-state index in [2.05, 4.69) is 30.4 Å². The molecule has 2 N–H and O–H groups in total. The number of carbonyl (C=O) groups is 1. The van der Waals surface area contributed by atoms with Crippen molar-refractivity contribution in [2.24, 2.45) is 5.73 Å². The molecule has 0 aromatic heterocycles. The topological polar surface area (TPSA) is 55.6 Å². The molecule has 2 atom stereocenters. The third kappa shape index (κ3) is 4.18. The number of methoxy groups -OCH3 is 1. The van der Waals surface area contributed by atoms with Crippen LogP contribution in [0.3, 0.4) is 0 Å². The Bertz CT molecular complexity index is 215. The van der Waals surface area contributed by atoms with E-state index in [0.29, 0.717) is 12.5 Å². The first kappa shape index (κ1) is 14.4. The van der Waals surface area contributed by atoms with Gasteiger partial charge in [0.25, 0.3) is 0 Å². The monoisotopic (exact) mass is 216 g/mol. The zero-order valence-corrected chi connectivity index (χ0v) is 10.7. The molecule has 4 nitrogen and oxygen atoms in total. The van der Waals surface area contributed by atoms with Gasteiger partial charge in [-0.3, -0.25) is 4.79 Å². The number of nitrogens with zero attached hydrogens (tertiary/aromatic N) is 1. The lowest BCUT2D eigenvalue weighted by atomic mass is 9.94. The molecule has 0 amide bonds. The average molecular weight is 216 g/mol. The average Bonchev–Trinajstić information content (AvgIpc) is 2.14. The van der Waals surface area contributed by atoms with Crippen LogP contribution in [-0.2, 0) is 9.53 Å². The van der Waals surface area contributed by atoms with Gasteiger partial charge in [-0.05, 0) is 41.2 Å². The van der Waals surface area contributed by atoms with Crippen LogP contribution < -0.4 is 5.73 Å². The summed E-state index contributed by atoms with van der Waals surface area (Å²) in [6, 6.07) is 0.688. The van der Waals surface area contributed by atoms with Crippen molar-refractivity contribution in [3.8, 4) is 0 Å². The van der Waals surface area contributed by atoms with Crippen LogP contribution in [0.4, 0.5) is 0 Å². The van der Waals surface area contributed by atoms with Crippen LogP contribution in [-0.4, -0.2) is 42.6 Å². The van der Waals surface area contributed by atoms with Gasteiger partial charge in [-0.2, -0.15) is 0 Å². The Hall–Kier alpha value is -0.610. The van der Waals surface area contributed by atoms with Crippen molar-refractivity contribution in [3.05, 3.63) is 0 Å². The predicted molar refractivity (Wildman–Crippen MR) is 61.6 cm³/mol. The summed E-state index contributed by atoms with van der Waals surface area (Å²) in [5.41, 5.74) is 5.00. The largest absolute Gasteiger partial charge is 0.468 e.